The van der Waals surface area contributed by atoms with Crippen LogP contribution in [0.25, 0.3) is 0 Å². The molecule has 0 spiro atoms. The number of nitrogens with zero attached hydrogens (tertiary/aromatic N) is 2. The fourth-order valence-electron chi connectivity index (χ4n) is 2.07. The number of carbonyl (C=O) groups excluding carboxylic acids is 1. The first-order valence-electron chi connectivity index (χ1n) is 5.82. The Labute approximate surface area is 96.2 Å². The van der Waals surface area contributed by atoms with Crippen molar-refractivity contribution in [3.8, 4) is 0 Å². The summed E-state index contributed by atoms with van der Waals surface area (Å²) in [6, 6.07) is 0. The van der Waals surface area contributed by atoms with Crippen LogP contribution in [0.15, 0.2) is 17.8 Å². The van der Waals surface area contributed by atoms with Crippen LogP contribution >= 0.6 is 0 Å². The maximum Gasteiger partial charge on any atom is 0.271 e. The van der Waals surface area contributed by atoms with E-state index in [-0.39, 0.29) is 5.91 Å². The van der Waals surface area contributed by atoms with Gasteiger partial charge in [-0.2, -0.15) is 5.10 Å². The monoisotopic (exact) mass is 218 g/mol. The number of allylic oxidation sites excluding steroid dienone is 2. The van der Waals surface area contributed by atoms with Gasteiger partial charge in [-0.1, -0.05) is 33.3 Å². The lowest BCUT2D eigenvalue weighted by molar-refractivity contribution is 0.0944. The molecule has 2 heterocycles. The van der Waals surface area contributed by atoms with Crippen LogP contribution in [-0.2, 0) is 6.42 Å². The molecule has 2 rings (SSSR count). The number of carbonyl (C=O) groups is 1. The van der Waals surface area contributed by atoms with Crippen molar-refractivity contribution < 1.29 is 4.79 Å². The molecule has 16 heavy (non-hydrogen) atoms. The van der Waals surface area contributed by atoms with Gasteiger partial charge in [0.05, 0.1) is 11.9 Å². The summed E-state index contributed by atoms with van der Waals surface area (Å²) in [5.41, 5.74) is 3.48. The molecule has 86 valence electrons. The van der Waals surface area contributed by atoms with Crippen molar-refractivity contribution in [3.05, 3.63) is 29.1 Å². The fourth-order valence-corrected chi connectivity index (χ4v) is 2.07. The highest BCUT2D eigenvalue weighted by atomic mass is 16.2. The molecule has 0 fully saturated rings. The highest BCUT2D eigenvalue weighted by Gasteiger charge is 2.23. The van der Waals surface area contributed by atoms with Gasteiger partial charge >= 0.3 is 0 Å². The van der Waals surface area contributed by atoms with Crippen molar-refractivity contribution >= 4 is 5.91 Å². The van der Waals surface area contributed by atoms with Crippen LogP contribution in [0.4, 0.5) is 0 Å². The lowest BCUT2D eigenvalue weighted by atomic mass is 9.92. The Balaban J connectivity index is 2.44. The Morgan fingerprint density at radius 2 is 1.94 bits per heavy atom. The highest BCUT2D eigenvalue weighted by molar-refractivity contribution is 5.91. The molecule has 0 radical (unpaired) electrons. The van der Waals surface area contributed by atoms with Gasteiger partial charge in [0.1, 0.15) is 0 Å². The second-order valence-electron chi connectivity index (χ2n) is 5.00. The van der Waals surface area contributed by atoms with Gasteiger partial charge in [-0.15, -0.1) is 0 Å². The first kappa shape index (κ1) is 11.1. The maximum atomic E-state index is 11.9. The summed E-state index contributed by atoms with van der Waals surface area (Å²) >= 11 is 0. The van der Waals surface area contributed by atoms with Crippen molar-refractivity contribution in [2.75, 3.05) is 0 Å². The standard InChI is InChI=1S/C13H18N2O/c1-8(2)10-5-12-11(9(3)4)7-14-15(12)13(16)6-10/h6-9H,5H2,1-4H3. The molecule has 0 atom stereocenters. The molecule has 0 aliphatic carbocycles. The van der Waals surface area contributed by atoms with Gasteiger partial charge in [0, 0.05) is 12.5 Å². The Morgan fingerprint density at radius 3 is 2.50 bits per heavy atom. The Bertz CT molecular complexity index is 452. The molecule has 1 aromatic rings. The van der Waals surface area contributed by atoms with Crippen LogP contribution in [-0.4, -0.2) is 15.7 Å². The van der Waals surface area contributed by atoms with E-state index in [1.54, 1.807) is 10.8 Å². The van der Waals surface area contributed by atoms with E-state index in [4.69, 9.17) is 0 Å². The Kier molecular flexibility index (Phi) is 2.70. The third-order valence-electron chi connectivity index (χ3n) is 3.15. The minimum Gasteiger partial charge on any atom is -0.267 e. The molecule has 0 aromatic carbocycles. The van der Waals surface area contributed by atoms with Gasteiger partial charge in [-0.3, -0.25) is 4.79 Å². The normalized spacial score (nSPS) is 15.6. The van der Waals surface area contributed by atoms with Crippen LogP contribution in [0, 0.1) is 5.92 Å². The van der Waals surface area contributed by atoms with Crippen LogP contribution in [0.1, 0.15) is 49.7 Å². The summed E-state index contributed by atoms with van der Waals surface area (Å²) in [6.45, 7) is 8.52. The van der Waals surface area contributed by atoms with E-state index in [9.17, 15) is 4.79 Å². The second kappa shape index (κ2) is 3.89. The fraction of sp³-hybridized carbons (Fsp3) is 0.538. The van der Waals surface area contributed by atoms with Crippen molar-refractivity contribution in [3.63, 3.8) is 0 Å². The topological polar surface area (TPSA) is 34.9 Å². The van der Waals surface area contributed by atoms with Gasteiger partial charge in [-0.05, 0) is 17.4 Å². The molecule has 0 bridgehead atoms. The van der Waals surface area contributed by atoms with Crippen molar-refractivity contribution in [1.82, 2.24) is 9.78 Å². The summed E-state index contributed by atoms with van der Waals surface area (Å²) in [4.78, 5) is 11.9. The molecule has 0 N–H and O–H groups in total. The third kappa shape index (κ3) is 1.70. The van der Waals surface area contributed by atoms with Crippen LogP contribution in [0.3, 0.4) is 0 Å². The molecule has 0 amide bonds. The summed E-state index contributed by atoms with van der Waals surface area (Å²) in [5, 5.41) is 4.18. The van der Waals surface area contributed by atoms with Gasteiger partial charge in [0.15, 0.2) is 0 Å². The first-order chi connectivity index (χ1) is 7.50. The van der Waals surface area contributed by atoms with E-state index in [0.29, 0.717) is 11.8 Å². The number of hydrogen-bond acceptors (Lipinski definition) is 2. The second-order valence-corrected chi connectivity index (χ2v) is 5.00. The van der Waals surface area contributed by atoms with Crippen molar-refractivity contribution in [2.45, 2.75) is 40.0 Å². The quantitative estimate of drug-likeness (QED) is 0.765. The van der Waals surface area contributed by atoms with E-state index in [0.717, 1.165) is 12.1 Å². The van der Waals surface area contributed by atoms with E-state index < -0.39 is 0 Å². The van der Waals surface area contributed by atoms with Crippen LogP contribution < -0.4 is 0 Å². The summed E-state index contributed by atoms with van der Waals surface area (Å²) in [6.07, 6.45) is 4.42. The Hall–Kier alpha value is -1.38. The van der Waals surface area contributed by atoms with Gasteiger partial charge in [0.2, 0.25) is 0 Å². The van der Waals surface area contributed by atoms with E-state index in [1.807, 2.05) is 6.20 Å². The molecule has 1 aliphatic rings. The third-order valence-corrected chi connectivity index (χ3v) is 3.15. The molecule has 0 saturated carbocycles. The summed E-state index contributed by atoms with van der Waals surface area (Å²) in [7, 11) is 0. The maximum absolute atomic E-state index is 11.9. The van der Waals surface area contributed by atoms with Crippen LogP contribution in [0.2, 0.25) is 0 Å². The number of hydrogen-bond donors (Lipinski definition) is 0. The predicted molar refractivity (Wildman–Crippen MR) is 63.6 cm³/mol. The summed E-state index contributed by atoms with van der Waals surface area (Å²) in [5.74, 6) is 0.840. The van der Waals surface area contributed by atoms with E-state index >= 15 is 0 Å². The Morgan fingerprint density at radius 1 is 1.25 bits per heavy atom. The molecular formula is C13H18N2O. The molecule has 3 nitrogen and oxygen atoms in total. The molecule has 0 unspecified atom stereocenters. The van der Waals surface area contributed by atoms with Gasteiger partial charge in [-0.25, -0.2) is 4.68 Å². The lowest BCUT2D eigenvalue weighted by Crippen LogP contribution is -2.21. The van der Waals surface area contributed by atoms with Crippen molar-refractivity contribution in [2.24, 2.45) is 5.92 Å². The smallest absolute Gasteiger partial charge is 0.267 e. The zero-order valence-electron chi connectivity index (χ0n) is 10.3. The molecule has 1 aliphatic heterocycles. The average molecular weight is 218 g/mol. The largest absolute Gasteiger partial charge is 0.271 e. The lowest BCUT2D eigenvalue weighted by Gasteiger charge is -2.19. The first-order valence-corrected chi connectivity index (χ1v) is 5.82. The number of aromatic nitrogens is 2. The van der Waals surface area contributed by atoms with E-state index in [2.05, 4.69) is 32.8 Å². The number of rotatable bonds is 2. The molecule has 3 heteroatoms. The van der Waals surface area contributed by atoms with Gasteiger partial charge < -0.3 is 0 Å². The van der Waals surface area contributed by atoms with Crippen LogP contribution in [0.5, 0.6) is 0 Å². The predicted octanol–water partition coefficient (Wildman–Crippen LogP) is 2.79. The molecular weight excluding hydrogens is 200 g/mol. The zero-order chi connectivity index (χ0) is 11.9. The van der Waals surface area contributed by atoms with E-state index in [1.165, 1.54) is 11.1 Å². The molecule has 0 saturated heterocycles. The minimum atomic E-state index is -0.00292. The van der Waals surface area contributed by atoms with Gasteiger partial charge in [0.25, 0.3) is 5.91 Å². The average Bonchev–Trinajstić information content (AvgIpc) is 2.61. The molecule has 1 aromatic heterocycles. The number of fused-ring (bicyclic) bond motifs is 1. The minimum absolute atomic E-state index is 0.00292. The highest BCUT2D eigenvalue weighted by Crippen LogP contribution is 2.27. The summed E-state index contributed by atoms with van der Waals surface area (Å²) < 4.78 is 1.54. The van der Waals surface area contributed by atoms with Crippen molar-refractivity contribution in [1.29, 1.82) is 0 Å². The zero-order valence-corrected chi connectivity index (χ0v) is 10.3. The SMILES string of the molecule is CC(C)C1=CC(=O)n2ncc(C(C)C)c2C1.